The lowest BCUT2D eigenvalue weighted by molar-refractivity contribution is 0.0537. The summed E-state index contributed by atoms with van der Waals surface area (Å²) in [5.41, 5.74) is 2.39. The summed E-state index contributed by atoms with van der Waals surface area (Å²) >= 11 is 0. The Morgan fingerprint density at radius 2 is 2.11 bits per heavy atom. The second kappa shape index (κ2) is 8.22. The first-order chi connectivity index (χ1) is 13.1. The molecule has 27 heavy (non-hydrogen) atoms. The minimum Gasteiger partial charge on any atom is -0.314 e. The number of nitrogens with zero attached hydrogens (tertiary/aromatic N) is 1. The van der Waals surface area contributed by atoms with Gasteiger partial charge in [0.05, 0.1) is 10.6 Å². The SMILES string of the molecule is CCCCCCS(=O)(=O)c1cccc2c1C1CC3NCCCC3CN1CC2. The van der Waals surface area contributed by atoms with Crippen molar-refractivity contribution in [3.63, 3.8) is 0 Å². The maximum absolute atomic E-state index is 13.2. The van der Waals surface area contributed by atoms with Crippen LogP contribution in [0.5, 0.6) is 0 Å². The highest BCUT2D eigenvalue weighted by Crippen LogP contribution is 2.43. The van der Waals surface area contributed by atoms with Gasteiger partial charge < -0.3 is 5.32 Å². The lowest BCUT2D eigenvalue weighted by Gasteiger charge is -2.49. The highest BCUT2D eigenvalue weighted by Gasteiger charge is 2.41. The van der Waals surface area contributed by atoms with Crippen LogP contribution in [0.2, 0.25) is 0 Å². The molecular weight excluding hydrogens is 356 g/mol. The summed E-state index contributed by atoms with van der Waals surface area (Å²) in [4.78, 5) is 3.20. The Balaban J connectivity index is 1.61. The molecule has 1 aromatic carbocycles. The topological polar surface area (TPSA) is 49.4 Å². The van der Waals surface area contributed by atoms with Gasteiger partial charge >= 0.3 is 0 Å². The molecule has 2 saturated heterocycles. The number of rotatable bonds is 6. The molecule has 0 amide bonds. The highest BCUT2D eigenvalue weighted by molar-refractivity contribution is 7.91. The fourth-order valence-corrected chi connectivity index (χ4v) is 7.12. The molecule has 0 aromatic heterocycles. The van der Waals surface area contributed by atoms with E-state index in [1.807, 2.05) is 12.1 Å². The molecule has 0 spiro atoms. The third-order valence-electron chi connectivity index (χ3n) is 6.87. The van der Waals surface area contributed by atoms with Crippen molar-refractivity contribution in [2.24, 2.45) is 5.92 Å². The van der Waals surface area contributed by atoms with Crippen LogP contribution in [0.15, 0.2) is 23.1 Å². The molecule has 3 aliphatic rings. The van der Waals surface area contributed by atoms with E-state index in [2.05, 4.69) is 23.2 Å². The van der Waals surface area contributed by atoms with Gasteiger partial charge in [-0.3, -0.25) is 4.90 Å². The van der Waals surface area contributed by atoms with Crippen LogP contribution < -0.4 is 5.32 Å². The van der Waals surface area contributed by atoms with Gasteiger partial charge in [-0.05, 0) is 61.8 Å². The smallest absolute Gasteiger partial charge is 0.178 e. The van der Waals surface area contributed by atoms with Crippen molar-refractivity contribution in [3.8, 4) is 0 Å². The van der Waals surface area contributed by atoms with Gasteiger partial charge in [0, 0.05) is 25.2 Å². The Hall–Kier alpha value is -0.910. The van der Waals surface area contributed by atoms with E-state index in [0.29, 0.717) is 16.7 Å². The van der Waals surface area contributed by atoms with E-state index in [-0.39, 0.29) is 6.04 Å². The average molecular weight is 391 g/mol. The van der Waals surface area contributed by atoms with E-state index in [1.54, 1.807) is 0 Å². The van der Waals surface area contributed by atoms with E-state index >= 15 is 0 Å². The van der Waals surface area contributed by atoms with Crippen LogP contribution in [0.25, 0.3) is 0 Å². The van der Waals surface area contributed by atoms with Crippen molar-refractivity contribution in [1.82, 2.24) is 10.2 Å². The summed E-state index contributed by atoms with van der Waals surface area (Å²) in [6, 6.07) is 6.80. The molecule has 4 nitrogen and oxygen atoms in total. The molecule has 3 atom stereocenters. The van der Waals surface area contributed by atoms with Gasteiger partial charge in [-0.15, -0.1) is 0 Å². The van der Waals surface area contributed by atoms with Gasteiger partial charge in [0.25, 0.3) is 0 Å². The van der Waals surface area contributed by atoms with Gasteiger partial charge in [0.1, 0.15) is 0 Å². The molecule has 3 heterocycles. The molecule has 150 valence electrons. The first-order valence-electron chi connectivity index (χ1n) is 10.9. The van der Waals surface area contributed by atoms with Gasteiger partial charge in [-0.2, -0.15) is 0 Å². The Kier molecular flexibility index (Phi) is 5.91. The van der Waals surface area contributed by atoms with Gasteiger partial charge in [0.15, 0.2) is 9.84 Å². The van der Waals surface area contributed by atoms with Crippen LogP contribution >= 0.6 is 0 Å². The van der Waals surface area contributed by atoms with E-state index in [0.717, 1.165) is 69.6 Å². The first kappa shape index (κ1) is 19.4. The number of piperidine rings is 2. The summed E-state index contributed by atoms with van der Waals surface area (Å²) in [6.07, 6.45) is 8.66. The quantitative estimate of drug-likeness (QED) is 0.752. The standard InChI is InChI=1S/C22H34N2O2S/c1-2-3-4-5-14-27(25,26)21-10-6-8-17-11-13-24-16-18-9-7-12-23-19(18)15-20(24)22(17)21/h6,8,10,18-20,23H,2-5,7,9,11-16H2,1H3. The Morgan fingerprint density at radius 1 is 1.22 bits per heavy atom. The third kappa shape index (κ3) is 3.96. The van der Waals surface area contributed by atoms with Crippen LogP contribution in [-0.4, -0.2) is 44.7 Å². The molecule has 3 unspecified atom stereocenters. The summed E-state index contributed by atoms with van der Waals surface area (Å²) in [7, 11) is -3.21. The second-order valence-electron chi connectivity index (χ2n) is 8.67. The molecule has 1 N–H and O–H groups in total. The monoisotopic (exact) mass is 390 g/mol. The summed E-state index contributed by atoms with van der Waals surface area (Å²) in [6.45, 7) is 5.46. The normalized spacial score (nSPS) is 28.3. The van der Waals surface area contributed by atoms with Crippen molar-refractivity contribution in [2.45, 2.75) is 75.3 Å². The number of nitrogens with one attached hydrogen (secondary N) is 1. The van der Waals surface area contributed by atoms with Crippen LogP contribution in [0, 0.1) is 5.92 Å². The lowest BCUT2D eigenvalue weighted by Crippen LogP contribution is -2.54. The number of benzene rings is 1. The average Bonchev–Trinajstić information content (AvgIpc) is 2.69. The Bertz CT molecular complexity index is 762. The number of unbranched alkanes of at least 4 members (excludes halogenated alkanes) is 3. The summed E-state index contributed by atoms with van der Waals surface area (Å²) < 4.78 is 26.4. The molecule has 4 rings (SSSR count). The van der Waals surface area contributed by atoms with E-state index < -0.39 is 9.84 Å². The van der Waals surface area contributed by atoms with Crippen molar-refractivity contribution in [1.29, 1.82) is 0 Å². The van der Waals surface area contributed by atoms with Gasteiger partial charge in [0.2, 0.25) is 0 Å². The van der Waals surface area contributed by atoms with Crippen molar-refractivity contribution < 1.29 is 8.42 Å². The molecule has 2 fully saturated rings. The number of hydrogen-bond acceptors (Lipinski definition) is 4. The van der Waals surface area contributed by atoms with E-state index in [1.165, 1.54) is 18.4 Å². The molecule has 0 radical (unpaired) electrons. The van der Waals surface area contributed by atoms with Crippen molar-refractivity contribution in [2.75, 3.05) is 25.4 Å². The van der Waals surface area contributed by atoms with Gasteiger partial charge in [-0.25, -0.2) is 8.42 Å². The van der Waals surface area contributed by atoms with E-state index in [9.17, 15) is 8.42 Å². The fourth-order valence-electron chi connectivity index (χ4n) is 5.43. The number of sulfone groups is 1. The zero-order chi connectivity index (χ0) is 18.9. The number of fused-ring (bicyclic) bond motifs is 4. The second-order valence-corrected chi connectivity index (χ2v) is 10.7. The number of hydrogen-bond donors (Lipinski definition) is 1. The lowest BCUT2D eigenvalue weighted by atomic mass is 9.77. The molecule has 0 saturated carbocycles. The van der Waals surface area contributed by atoms with Crippen LogP contribution in [0.3, 0.4) is 0 Å². The van der Waals surface area contributed by atoms with Crippen molar-refractivity contribution >= 4 is 9.84 Å². The highest BCUT2D eigenvalue weighted by atomic mass is 32.2. The van der Waals surface area contributed by atoms with E-state index in [4.69, 9.17) is 0 Å². The minimum atomic E-state index is -3.21. The molecule has 1 aromatic rings. The summed E-state index contributed by atoms with van der Waals surface area (Å²) in [5, 5.41) is 3.72. The minimum absolute atomic E-state index is 0.266. The third-order valence-corrected chi connectivity index (χ3v) is 8.73. The molecule has 0 aliphatic carbocycles. The largest absolute Gasteiger partial charge is 0.314 e. The van der Waals surface area contributed by atoms with Gasteiger partial charge in [-0.1, -0.05) is 38.3 Å². The maximum atomic E-state index is 13.2. The molecular formula is C22H34N2O2S. The van der Waals surface area contributed by atoms with Crippen molar-refractivity contribution in [3.05, 3.63) is 29.3 Å². The van der Waals surface area contributed by atoms with Crippen LogP contribution in [0.4, 0.5) is 0 Å². The fraction of sp³-hybridized carbons (Fsp3) is 0.727. The maximum Gasteiger partial charge on any atom is 0.178 e. The zero-order valence-electron chi connectivity index (χ0n) is 16.6. The molecule has 0 bridgehead atoms. The Labute approximate surface area is 164 Å². The molecule has 5 heteroatoms. The Morgan fingerprint density at radius 3 is 2.96 bits per heavy atom. The predicted molar refractivity (Wildman–Crippen MR) is 110 cm³/mol. The predicted octanol–water partition coefficient (Wildman–Crippen LogP) is 3.71. The summed E-state index contributed by atoms with van der Waals surface area (Å²) in [5.74, 6) is 1.02. The first-order valence-corrected chi connectivity index (χ1v) is 12.6. The molecule has 3 aliphatic heterocycles. The zero-order valence-corrected chi connectivity index (χ0v) is 17.4. The van der Waals surface area contributed by atoms with Crippen LogP contribution in [0.1, 0.15) is 69.0 Å². The van der Waals surface area contributed by atoms with Crippen LogP contribution in [-0.2, 0) is 16.3 Å².